The molecular formula is C15H14N2O2S2. The van der Waals surface area contributed by atoms with E-state index in [1.165, 1.54) is 23.1 Å². The Balaban J connectivity index is 2.27. The molecule has 0 radical (unpaired) electrons. The molecular weight excluding hydrogens is 304 g/mol. The molecule has 0 bridgehead atoms. The van der Waals surface area contributed by atoms with E-state index in [4.69, 9.17) is 0 Å². The second kappa shape index (κ2) is 5.20. The third kappa shape index (κ3) is 1.90. The molecule has 2 amide bonds. The van der Waals surface area contributed by atoms with E-state index in [9.17, 15) is 9.59 Å². The summed E-state index contributed by atoms with van der Waals surface area (Å²) in [5.74, 6) is -0.229. The van der Waals surface area contributed by atoms with Crippen LogP contribution in [-0.4, -0.2) is 41.5 Å². The van der Waals surface area contributed by atoms with Crippen LogP contribution in [-0.2, 0) is 9.59 Å². The fraction of sp³-hybridized carbons (Fsp3) is 0.200. The van der Waals surface area contributed by atoms with Crippen molar-refractivity contribution in [2.45, 2.75) is 0 Å². The predicted octanol–water partition coefficient (Wildman–Crippen LogP) is 2.53. The monoisotopic (exact) mass is 318 g/mol. The van der Waals surface area contributed by atoms with E-state index < -0.39 is 0 Å². The summed E-state index contributed by atoms with van der Waals surface area (Å²) in [5, 5.41) is 2.67. The van der Waals surface area contributed by atoms with Crippen molar-refractivity contribution in [1.82, 2.24) is 9.80 Å². The molecule has 0 fully saturated rings. The van der Waals surface area contributed by atoms with Crippen LogP contribution in [0.1, 0.15) is 4.88 Å². The topological polar surface area (TPSA) is 40.6 Å². The summed E-state index contributed by atoms with van der Waals surface area (Å²) in [7, 11) is 1.71. The Morgan fingerprint density at radius 1 is 1.33 bits per heavy atom. The molecule has 1 aromatic heterocycles. The molecule has 2 aliphatic heterocycles. The highest BCUT2D eigenvalue weighted by Crippen LogP contribution is 2.45. The smallest absolute Gasteiger partial charge is 0.262 e. The van der Waals surface area contributed by atoms with Gasteiger partial charge in [0, 0.05) is 13.6 Å². The van der Waals surface area contributed by atoms with Crippen molar-refractivity contribution in [3.8, 4) is 0 Å². The molecule has 3 rings (SSSR count). The largest absolute Gasteiger partial charge is 0.305 e. The summed E-state index contributed by atoms with van der Waals surface area (Å²) in [6.45, 7) is 4.11. The van der Waals surface area contributed by atoms with Crippen molar-refractivity contribution < 1.29 is 9.59 Å². The third-order valence-electron chi connectivity index (χ3n) is 3.51. The van der Waals surface area contributed by atoms with Gasteiger partial charge in [0.25, 0.3) is 11.8 Å². The fourth-order valence-electron chi connectivity index (χ4n) is 2.64. The molecule has 0 saturated heterocycles. The molecule has 3 heterocycles. The van der Waals surface area contributed by atoms with Gasteiger partial charge in [0.05, 0.1) is 26.7 Å². The first-order valence-corrected chi connectivity index (χ1v) is 8.49. The Bertz CT molecular complexity index is 701. The van der Waals surface area contributed by atoms with Crippen LogP contribution in [0.25, 0.3) is 5.70 Å². The highest BCUT2D eigenvalue weighted by atomic mass is 32.2. The molecule has 0 aromatic carbocycles. The lowest BCUT2D eigenvalue weighted by molar-refractivity contribution is -0.123. The van der Waals surface area contributed by atoms with Gasteiger partial charge in [-0.2, -0.15) is 0 Å². The molecule has 1 aromatic rings. The van der Waals surface area contributed by atoms with Crippen molar-refractivity contribution in [3.63, 3.8) is 0 Å². The fourth-order valence-corrected chi connectivity index (χ4v) is 4.18. The Labute approximate surface area is 131 Å². The summed E-state index contributed by atoms with van der Waals surface area (Å²) in [4.78, 5) is 29.4. The number of thiophene rings is 1. The number of likely N-dealkylation sites (N-methyl/N-ethyl adjacent to an activating group) is 1. The quantitative estimate of drug-likeness (QED) is 0.801. The minimum Gasteiger partial charge on any atom is -0.305 e. The van der Waals surface area contributed by atoms with E-state index >= 15 is 0 Å². The average molecular weight is 318 g/mol. The Kier molecular flexibility index (Phi) is 3.51. The van der Waals surface area contributed by atoms with Gasteiger partial charge < -0.3 is 9.80 Å². The Hall–Kier alpha value is -1.79. The predicted molar refractivity (Wildman–Crippen MR) is 86.5 cm³/mol. The van der Waals surface area contributed by atoms with Gasteiger partial charge in [0.15, 0.2) is 0 Å². The standard InChI is InChI=1S/C15H14N2O2S2/c1-4-7-17-12(9-6-5-8-21-9)10-11(14(17)19)15(20-3)16(2)13(10)18/h4-6,8H,1,7H2,2-3H3. The lowest BCUT2D eigenvalue weighted by Crippen LogP contribution is -2.27. The van der Waals surface area contributed by atoms with Crippen LogP contribution in [0.4, 0.5) is 0 Å². The minimum atomic E-state index is -0.115. The first kappa shape index (κ1) is 14.2. The van der Waals surface area contributed by atoms with Crippen molar-refractivity contribution in [2.75, 3.05) is 19.8 Å². The third-order valence-corrected chi connectivity index (χ3v) is 5.25. The summed E-state index contributed by atoms with van der Waals surface area (Å²) in [5.41, 5.74) is 1.77. The number of fused-ring (bicyclic) bond motifs is 1. The van der Waals surface area contributed by atoms with Crippen molar-refractivity contribution in [2.24, 2.45) is 0 Å². The molecule has 21 heavy (non-hydrogen) atoms. The molecule has 0 unspecified atom stereocenters. The lowest BCUT2D eigenvalue weighted by Gasteiger charge is -2.20. The molecule has 4 nitrogen and oxygen atoms in total. The van der Waals surface area contributed by atoms with Crippen LogP contribution in [0.3, 0.4) is 0 Å². The second-order valence-corrected chi connectivity index (χ2v) is 6.40. The molecule has 108 valence electrons. The van der Waals surface area contributed by atoms with Crippen LogP contribution in [0.5, 0.6) is 0 Å². The number of nitrogens with zero attached hydrogens (tertiary/aromatic N) is 2. The maximum Gasteiger partial charge on any atom is 0.262 e. The summed E-state index contributed by atoms with van der Waals surface area (Å²) >= 11 is 2.95. The van der Waals surface area contributed by atoms with Crippen molar-refractivity contribution in [3.05, 3.63) is 51.2 Å². The normalized spacial score (nSPS) is 18.2. The maximum absolute atomic E-state index is 12.7. The van der Waals surface area contributed by atoms with Gasteiger partial charge in [0.2, 0.25) is 0 Å². The number of hydrogen-bond acceptors (Lipinski definition) is 4. The molecule has 6 heteroatoms. The van der Waals surface area contributed by atoms with Crippen molar-refractivity contribution >= 4 is 40.6 Å². The molecule has 2 aliphatic rings. The first-order valence-electron chi connectivity index (χ1n) is 6.39. The van der Waals surface area contributed by atoms with E-state index in [-0.39, 0.29) is 11.8 Å². The molecule has 0 atom stereocenters. The summed E-state index contributed by atoms with van der Waals surface area (Å²) in [6, 6.07) is 3.86. The van der Waals surface area contributed by atoms with E-state index in [1.54, 1.807) is 22.9 Å². The minimum absolute atomic E-state index is 0.113. The number of amides is 2. The van der Waals surface area contributed by atoms with E-state index in [0.717, 1.165) is 9.91 Å². The molecule has 0 spiro atoms. The average Bonchev–Trinajstić information content (AvgIpc) is 3.13. The van der Waals surface area contributed by atoms with Gasteiger partial charge >= 0.3 is 0 Å². The van der Waals surface area contributed by atoms with E-state index in [2.05, 4.69) is 6.58 Å². The number of carbonyl (C=O) groups excluding carboxylic acids is 2. The highest BCUT2D eigenvalue weighted by Gasteiger charge is 2.47. The number of carbonyl (C=O) groups is 2. The van der Waals surface area contributed by atoms with E-state index in [0.29, 0.717) is 23.4 Å². The maximum atomic E-state index is 12.7. The van der Waals surface area contributed by atoms with Crippen LogP contribution in [0, 0.1) is 0 Å². The molecule has 0 aliphatic carbocycles. The lowest BCUT2D eigenvalue weighted by atomic mass is 10.1. The van der Waals surface area contributed by atoms with Crippen molar-refractivity contribution in [1.29, 1.82) is 0 Å². The van der Waals surface area contributed by atoms with Crippen LogP contribution < -0.4 is 0 Å². The van der Waals surface area contributed by atoms with Crippen LogP contribution in [0.15, 0.2) is 46.3 Å². The number of thioether (sulfide) groups is 1. The summed E-state index contributed by atoms with van der Waals surface area (Å²) in [6.07, 6.45) is 3.56. The van der Waals surface area contributed by atoms with Gasteiger partial charge in [-0.15, -0.1) is 29.7 Å². The highest BCUT2D eigenvalue weighted by molar-refractivity contribution is 8.02. The molecule has 0 saturated carbocycles. The van der Waals surface area contributed by atoms with Gasteiger partial charge in [-0.3, -0.25) is 9.59 Å². The zero-order valence-electron chi connectivity index (χ0n) is 11.8. The van der Waals surface area contributed by atoms with Crippen LogP contribution >= 0.6 is 23.1 Å². The Morgan fingerprint density at radius 3 is 2.67 bits per heavy atom. The number of hydrogen-bond donors (Lipinski definition) is 0. The zero-order chi connectivity index (χ0) is 15.1. The van der Waals surface area contributed by atoms with E-state index in [1.807, 2.05) is 23.8 Å². The SMILES string of the molecule is C=CCN1C(=O)C2=C(SC)N(C)C(=O)C2=C1c1cccs1. The van der Waals surface area contributed by atoms with Gasteiger partial charge in [-0.25, -0.2) is 0 Å². The van der Waals surface area contributed by atoms with Gasteiger partial charge in [-0.1, -0.05) is 12.1 Å². The second-order valence-electron chi connectivity index (χ2n) is 4.65. The zero-order valence-corrected chi connectivity index (χ0v) is 13.4. The summed E-state index contributed by atoms with van der Waals surface area (Å²) < 4.78 is 0. The first-order chi connectivity index (χ1) is 10.1. The van der Waals surface area contributed by atoms with Gasteiger partial charge in [-0.05, 0) is 17.7 Å². The number of rotatable bonds is 4. The Morgan fingerprint density at radius 2 is 2.10 bits per heavy atom. The van der Waals surface area contributed by atoms with Gasteiger partial charge in [0.1, 0.15) is 0 Å². The van der Waals surface area contributed by atoms with Crippen LogP contribution in [0.2, 0.25) is 0 Å². The molecule has 0 N–H and O–H groups in total.